The lowest BCUT2D eigenvalue weighted by atomic mass is 9.75. The number of nitrogens with zero attached hydrogens (tertiary/aromatic N) is 1. The van der Waals surface area contributed by atoms with Crippen molar-refractivity contribution in [3.05, 3.63) is 102 Å². The van der Waals surface area contributed by atoms with Gasteiger partial charge >= 0.3 is 7.12 Å². The predicted molar refractivity (Wildman–Crippen MR) is 144 cm³/mol. The van der Waals surface area contributed by atoms with Crippen molar-refractivity contribution in [2.24, 2.45) is 4.99 Å². The first-order valence-corrected chi connectivity index (χ1v) is 12.2. The highest BCUT2D eigenvalue weighted by molar-refractivity contribution is 6.65. The number of ether oxygens (including phenoxy) is 1. The van der Waals surface area contributed by atoms with Gasteiger partial charge in [-0.1, -0.05) is 66.7 Å². The van der Waals surface area contributed by atoms with E-state index in [0.29, 0.717) is 21.9 Å². The molecule has 1 heterocycles. The topological polar surface area (TPSA) is 40.0 Å². The van der Waals surface area contributed by atoms with Gasteiger partial charge in [0.05, 0.1) is 22.6 Å². The predicted octanol–water partition coefficient (Wildman–Crippen LogP) is 6.75. The molecular weight excluding hydrogens is 471 g/mol. The molecule has 37 heavy (non-hydrogen) atoms. The smallest absolute Gasteiger partial charge is 0.459 e. The largest absolute Gasteiger partial charge is 0.495 e. The maximum Gasteiger partial charge on any atom is 0.495 e. The molecule has 0 bridgehead atoms. The van der Waals surface area contributed by atoms with Crippen LogP contribution in [0.2, 0.25) is 0 Å². The summed E-state index contributed by atoms with van der Waals surface area (Å²) in [6.45, 7) is 6.61. The van der Waals surface area contributed by atoms with Crippen LogP contribution in [-0.2, 0) is 9.31 Å². The van der Waals surface area contributed by atoms with Gasteiger partial charge in [0.25, 0.3) is 0 Å². The zero-order chi connectivity index (χ0) is 26.2. The van der Waals surface area contributed by atoms with Gasteiger partial charge in [-0.2, -0.15) is 0 Å². The van der Waals surface area contributed by atoms with Gasteiger partial charge in [-0.3, -0.25) is 0 Å². The Balaban J connectivity index is 1.75. The number of alkyl halides is 1. The minimum atomic E-state index is -1.16. The zero-order valence-corrected chi connectivity index (χ0v) is 21.3. The van der Waals surface area contributed by atoms with Gasteiger partial charge in [0, 0.05) is 16.5 Å². The van der Waals surface area contributed by atoms with E-state index in [1.165, 1.54) is 6.07 Å². The van der Waals surface area contributed by atoms with Crippen LogP contribution in [0.25, 0.3) is 10.8 Å². The summed E-state index contributed by atoms with van der Waals surface area (Å²) in [6, 6.07) is 26.3. The first-order chi connectivity index (χ1) is 17.7. The van der Waals surface area contributed by atoms with Crippen LogP contribution < -0.4 is 10.2 Å². The van der Waals surface area contributed by atoms with E-state index in [0.717, 1.165) is 16.8 Å². The van der Waals surface area contributed by atoms with E-state index in [2.05, 4.69) is 0 Å². The summed E-state index contributed by atoms with van der Waals surface area (Å²) in [5.41, 5.74) is 2.57. The van der Waals surface area contributed by atoms with Crippen LogP contribution >= 0.6 is 0 Å². The van der Waals surface area contributed by atoms with Crippen LogP contribution in [0.1, 0.15) is 38.8 Å². The van der Waals surface area contributed by atoms with Crippen molar-refractivity contribution in [2.45, 2.75) is 38.9 Å². The molecule has 0 unspecified atom stereocenters. The fourth-order valence-electron chi connectivity index (χ4n) is 4.46. The number of benzene rings is 4. The number of hydrogen-bond acceptors (Lipinski definition) is 4. The van der Waals surface area contributed by atoms with Gasteiger partial charge in [0.15, 0.2) is 11.6 Å². The summed E-state index contributed by atoms with van der Waals surface area (Å²) in [4.78, 5) is 5.05. The van der Waals surface area contributed by atoms with Crippen molar-refractivity contribution in [1.82, 2.24) is 0 Å². The standard InChI is InChI=1S/C30H28BF2NO3/c1-29(2)30(3,4)37-31(36-29)24-18-23(17-22-15-16-25(33)28(26(22)24)35-19-32)34-27(20-11-7-5-8-12-20)21-13-9-6-10-14-21/h5-18H,19H2,1-4H3. The van der Waals surface area contributed by atoms with E-state index < -0.39 is 31.0 Å². The van der Waals surface area contributed by atoms with Crippen LogP contribution in [0.15, 0.2) is 89.9 Å². The molecule has 4 aromatic carbocycles. The van der Waals surface area contributed by atoms with Crippen molar-refractivity contribution in [2.75, 3.05) is 6.86 Å². The van der Waals surface area contributed by atoms with Crippen molar-refractivity contribution in [3.8, 4) is 5.75 Å². The van der Waals surface area contributed by atoms with Gasteiger partial charge in [-0.15, -0.1) is 0 Å². The van der Waals surface area contributed by atoms with E-state index in [-0.39, 0.29) is 5.75 Å². The minimum Gasteiger partial charge on any atom is -0.459 e. The molecule has 7 heteroatoms. The second-order valence-electron chi connectivity index (χ2n) is 10.0. The van der Waals surface area contributed by atoms with Gasteiger partial charge < -0.3 is 14.0 Å². The lowest BCUT2D eigenvalue weighted by Crippen LogP contribution is -2.41. The van der Waals surface area contributed by atoms with Gasteiger partial charge in [-0.25, -0.2) is 13.8 Å². The highest BCUT2D eigenvalue weighted by Crippen LogP contribution is 2.39. The fourth-order valence-corrected chi connectivity index (χ4v) is 4.46. The molecule has 4 aromatic rings. The lowest BCUT2D eigenvalue weighted by molar-refractivity contribution is 0.00578. The van der Waals surface area contributed by atoms with E-state index in [1.54, 1.807) is 12.1 Å². The third-order valence-electron chi connectivity index (χ3n) is 7.08. The molecule has 0 atom stereocenters. The number of halogens is 2. The van der Waals surface area contributed by atoms with E-state index in [1.807, 2.05) is 94.4 Å². The molecular formula is C30H28BF2NO3. The Kier molecular flexibility index (Phi) is 6.60. The van der Waals surface area contributed by atoms with Crippen LogP contribution in [0.5, 0.6) is 5.75 Å². The molecule has 1 fully saturated rings. The summed E-state index contributed by atoms with van der Waals surface area (Å²) in [5.74, 6) is -0.833. The molecule has 0 amide bonds. The van der Waals surface area contributed by atoms with Gasteiger partial charge in [0.1, 0.15) is 0 Å². The molecule has 4 nitrogen and oxygen atoms in total. The van der Waals surface area contributed by atoms with Crippen molar-refractivity contribution >= 4 is 34.8 Å². The molecule has 0 radical (unpaired) electrons. The summed E-state index contributed by atoms with van der Waals surface area (Å²) in [6.07, 6.45) is 0. The first-order valence-electron chi connectivity index (χ1n) is 12.2. The maximum absolute atomic E-state index is 14.8. The average molecular weight is 499 g/mol. The quantitative estimate of drug-likeness (QED) is 0.218. The van der Waals surface area contributed by atoms with Gasteiger partial charge in [-0.05, 0) is 56.7 Å². The maximum atomic E-state index is 14.8. The third-order valence-corrected chi connectivity index (χ3v) is 7.08. The van der Waals surface area contributed by atoms with Crippen LogP contribution in [0.4, 0.5) is 14.5 Å². The average Bonchev–Trinajstić information content (AvgIpc) is 3.11. The Bertz CT molecular complexity index is 1400. The van der Waals surface area contributed by atoms with Crippen molar-refractivity contribution in [1.29, 1.82) is 0 Å². The number of rotatable bonds is 6. The molecule has 0 saturated carbocycles. The molecule has 188 valence electrons. The highest BCUT2D eigenvalue weighted by Gasteiger charge is 2.52. The summed E-state index contributed by atoms with van der Waals surface area (Å²) < 4.78 is 45.9. The number of fused-ring (bicyclic) bond motifs is 1. The van der Waals surface area contributed by atoms with Crippen LogP contribution in [0.3, 0.4) is 0 Å². The van der Waals surface area contributed by atoms with E-state index in [9.17, 15) is 8.78 Å². The molecule has 1 saturated heterocycles. The first kappa shape index (κ1) is 25.1. The van der Waals surface area contributed by atoms with E-state index in [4.69, 9.17) is 19.0 Å². The Morgan fingerprint density at radius 2 is 1.41 bits per heavy atom. The summed E-state index contributed by atoms with van der Waals surface area (Å²) in [5, 5.41) is 1.03. The van der Waals surface area contributed by atoms with E-state index >= 15 is 0 Å². The van der Waals surface area contributed by atoms with Crippen molar-refractivity contribution in [3.63, 3.8) is 0 Å². The van der Waals surface area contributed by atoms with Crippen molar-refractivity contribution < 1.29 is 22.8 Å². The molecule has 0 aromatic heterocycles. The summed E-state index contributed by atoms with van der Waals surface area (Å²) in [7, 11) is -0.830. The third kappa shape index (κ3) is 4.77. The van der Waals surface area contributed by atoms with Gasteiger partial charge in [0.2, 0.25) is 6.86 Å². The molecule has 0 spiro atoms. The molecule has 0 aliphatic carbocycles. The lowest BCUT2D eigenvalue weighted by Gasteiger charge is -2.32. The Morgan fingerprint density at radius 1 is 0.838 bits per heavy atom. The molecule has 1 aliphatic heterocycles. The normalized spacial score (nSPS) is 16.1. The monoisotopic (exact) mass is 499 g/mol. The molecule has 0 N–H and O–H groups in total. The zero-order valence-electron chi connectivity index (χ0n) is 21.3. The number of aliphatic imine (C=N–C) groups is 1. The summed E-state index contributed by atoms with van der Waals surface area (Å²) >= 11 is 0. The minimum absolute atomic E-state index is 0.174. The van der Waals surface area contributed by atoms with Crippen LogP contribution in [0, 0.1) is 5.82 Å². The molecule has 5 rings (SSSR count). The van der Waals surface area contributed by atoms with Crippen LogP contribution in [-0.4, -0.2) is 30.9 Å². The second kappa shape index (κ2) is 9.73. The molecule has 1 aliphatic rings. The highest BCUT2D eigenvalue weighted by atomic mass is 19.1. The Hall–Kier alpha value is -3.55. The number of hydrogen-bond donors (Lipinski definition) is 0. The second-order valence-corrected chi connectivity index (χ2v) is 10.0. The Labute approximate surface area is 216 Å². The Morgan fingerprint density at radius 3 is 1.95 bits per heavy atom. The SMILES string of the molecule is CC1(C)OB(c2cc(N=C(c3ccccc3)c3ccccc3)cc3ccc(F)c(OCF)c23)OC1(C)C. The fraction of sp³-hybridized carbons (Fsp3) is 0.233.